The van der Waals surface area contributed by atoms with Crippen LogP contribution in [-0.4, -0.2) is 39.2 Å². The molecule has 0 aromatic carbocycles. The van der Waals surface area contributed by atoms with Crippen LogP contribution in [0, 0.1) is 0 Å². The van der Waals surface area contributed by atoms with E-state index in [1.54, 1.807) is 13.1 Å². The van der Waals surface area contributed by atoms with Crippen LogP contribution >= 0.6 is 23.1 Å². The van der Waals surface area contributed by atoms with Crippen molar-refractivity contribution in [1.29, 1.82) is 0 Å². The van der Waals surface area contributed by atoms with Gasteiger partial charge in [-0.1, -0.05) is 11.8 Å². The van der Waals surface area contributed by atoms with E-state index in [2.05, 4.69) is 4.98 Å². The molecule has 0 unspecified atom stereocenters. The van der Waals surface area contributed by atoms with Gasteiger partial charge >= 0.3 is 0 Å². The summed E-state index contributed by atoms with van der Waals surface area (Å²) >= 11 is 2.79. The third-order valence-corrected chi connectivity index (χ3v) is 5.27. The molecule has 1 saturated heterocycles. The average molecular weight is 309 g/mol. The molecule has 20 heavy (non-hydrogen) atoms. The smallest absolute Gasteiger partial charge is 0.262 e. The molecule has 1 fully saturated rings. The van der Waals surface area contributed by atoms with Gasteiger partial charge in [-0.05, 0) is 24.3 Å². The Morgan fingerprint density at radius 1 is 1.45 bits per heavy atom. The van der Waals surface area contributed by atoms with Gasteiger partial charge in [-0.15, -0.1) is 11.3 Å². The molecule has 0 spiro atoms. The van der Waals surface area contributed by atoms with Gasteiger partial charge in [0, 0.05) is 20.1 Å². The number of carbonyl (C=O) groups is 1. The number of thioether (sulfide) groups is 1. The van der Waals surface area contributed by atoms with Crippen LogP contribution in [0.5, 0.6) is 0 Å². The maximum atomic E-state index is 12.1. The SMILES string of the molecule is Cn1c(SCC(=O)N2CCCC2)nc2sccc2c1=O. The van der Waals surface area contributed by atoms with Crippen molar-refractivity contribution in [2.24, 2.45) is 7.05 Å². The molecule has 1 amide bonds. The predicted molar refractivity (Wildman–Crippen MR) is 81.4 cm³/mol. The van der Waals surface area contributed by atoms with Gasteiger partial charge in [0.1, 0.15) is 4.83 Å². The van der Waals surface area contributed by atoms with Crippen molar-refractivity contribution in [3.8, 4) is 0 Å². The maximum Gasteiger partial charge on any atom is 0.262 e. The van der Waals surface area contributed by atoms with Gasteiger partial charge in [0.15, 0.2) is 5.16 Å². The molecule has 1 aliphatic rings. The topological polar surface area (TPSA) is 55.2 Å². The van der Waals surface area contributed by atoms with E-state index in [1.807, 2.05) is 10.3 Å². The molecule has 0 atom stereocenters. The Morgan fingerprint density at radius 2 is 2.20 bits per heavy atom. The number of hydrogen-bond acceptors (Lipinski definition) is 5. The van der Waals surface area contributed by atoms with E-state index in [1.165, 1.54) is 27.7 Å². The summed E-state index contributed by atoms with van der Waals surface area (Å²) < 4.78 is 1.52. The lowest BCUT2D eigenvalue weighted by Gasteiger charge is -2.15. The summed E-state index contributed by atoms with van der Waals surface area (Å²) in [7, 11) is 1.70. The van der Waals surface area contributed by atoms with Crippen LogP contribution in [0.2, 0.25) is 0 Å². The Labute approximate surface area is 124 Å². The summed E-state index contributed by atoms with van der Waals surface area (Å²) in [5.74, 6) is 0.477. The molecule has 5 nitrogen and oxygen atoms in total. The van der Waals surface area contributed by atoms with E-state index in [9.17, 15) is 9.59 Å². The molecule has 1 aliphatic heterocycles. The van der Waals surface area contributed by atoms with Crippen LogP contribution in [0.15, 0.2) is 21.4 Å². The highest BCUT2D eigenvalue weighted by molar-refractivity contribution is 7.99. The number of amides is 1. The fraction of sp³-hybridized carbons (Fsp3) is 0.462. The van der Waals surface area contributed by atoms with Crippen LogP contribution in [-0.2, 0) is 11.8 Å². The highest BCUT2D eigenvalue weighted by Crippen LogP contribution is 2.21. The predicted octanol–water partition coefficient (Wildman–Crippen LogP) is 1.71. The highest BCUT2D eigenvalue weighted by Gasteiger charge is 2.19. The number of hydrogen-bond donors (Lipinski definition) is 0. The van der Waals surface area contributed by atoms with E-state index in [0.717, 1.165) is 30.8 Å². The molecular formula is C13H15N3O2S2. The van der Waals surface area contributed by atoms with E-state index < -0.39 is 0 Å². The largest absolute Gasteiger partial charge is 0.342 e. The Morgan fingerprint density at radius 3 is 2.95 bits per heavy atom. The minimum Gasteiger partial charge on any atom is -0.342 e. The van der Waals surface area contributed by atoms with Gasteiger partial charge in [-0.3, -0.25) is 14.2 Å². The van der Waals surface area contributed by atoms with Crippen molar-refractivity contribution in [2.75, 3.05) is 18.8 Å². The quantitative estimate of drug-likeness (QED) is 0.640. The zero-order valence-electron chi connectivity index (χ0n) is 11.2. The number of rotatable bonds is 3. The van der Waals surface area contributed by atoms with E-state index >= 15 is 0 Å². The second-order valence-corrected chi connectivity index (χ2v) is 6.61. The van der Waals surface area contributed by atoms with Crippen LogP contribution in [0.4, 0.5) is 0 Å². The van der Waals surface area contributed by atoms with Crippen molar-refractivity contribution in [3.05, 3.63) is 21.8 Å². The average Bonchev–Trinajstić information content (AvgIpc) is 3.11. The molecular weight excluding hydrogens is 294 g/mol. The number of likely N-dealkylation sites (tertiary alicyclic amines) is 1. The summed E-state index contributed by atoms with van der Waals surface area (Å²) in [5.41, 5.74) is -0.0487. The summed E-state index contributed by atoms with van der Waals surface area (Å²) in [6, 6.07) is 1.79. The monoisotopic (exact) mass is 309 g/mol. The van der Waals surface area contributed by atoms with Crippen LogP contribution < -0.4 is 5.56 Å². The van der Waals surface area contributed by atoms with E-state index in [4.69, 9.17) is 0 Å². The van der Waals surface area contributed by atoms with Crippen molar-refractivity contribution < 1.29 is 4.79 Å². The number of fused-ring (bicyclic) bond motifs is 1. The van der Waals surface area contributed by atoms with Gasteiger partial charge in [0.25, 0.3) is 5.56 Å². The number of carbonyl (C=O) groups excluding carboxylic acids is 1. The van der Waals surface area contributed by atoms with Gasteiger partial charge in [0.05, 0.1) is 11.1 Å². The summed E-state index contributed by atoms with van der Waals surface area (Å²) in [6.07, 6.45) is 2.18. The third-order valence-electron chi connectivity index (χ3n) is 3.45. The van der Waals surface area contributed by atoms with Gasteiger partial charge in [-0.25, -0.2) is 4.98 Å². The third kappa shape index (κ3) is 2.47. The standard InChI is InChI=1S/C13H15N3O2S2/c1-15-12(18)9-4-7-19-11(9)14-13(15)20-8-10(17)16-5-2-3-6-16/h4,7H,2-3,5-6,8H2,1H3. The highest BCUT2D eigenvalue weighted by atomic mass is 32.2. The fourth-order valence-electron chi connectivity index (χ4n) is 2.29. The molecule has 0 bridgehead atoms. The molecule has 2 aromatic heterocycles. The summed E-state index contributed by atoms with van der Waals surface area (Å²) in [6.45, 7) is 1.71. The lowest BCUT2D eigenvalue weighted by molar-refractivity contribution is -0.127. The molecule has 2 aromatic rings. The first-order valence-corrected chi connectivity index (χ1v) is 8.38. The fourth-order valence-corrected chi connectivity index (χ4v) is 3.97. The Hall–Kier alpha value is -1.34. The lowest BCUT2D eigenvalue weighted by Crippen LogP contribution is -2.29. The minimum absolute atomic E-state index is 0.0487. The molecule has 0 N–H and O–H groups in total. The molecule has 0 radical (unpaired) electrons. The van der Waals surface area contributed by atoms with Crippen molar-refractivity contribution in [2.45, 2.75) is 18.0 Å². The van der Waals surface area contributed by atoms with Crippen LogP contribution in [0.1, 0.15) is 12.8 Å². The van der Waals surface area contributed by atoms with Gasteiger partial charge in [-0.2, -0.15) is 0 Å². The van der Waals surface area contributed by atoms with Crippen molar-refractivity contribution in [3.63, 3.8) is 0 Å². The zero-order valence-corrected chi connectivity index (χ0v) is 12.8. The molecule has 106 valence electrons. The number of aromatic nitrogens is 2. The van der Waals surface area contributed by atoms with Crippen LogP contribution in [0.25, 0.3) is 10.2 Å². The molecule has 3 heterocycles. The first-order valence-electron chi connectivity index (χ1n) is 6.51. The number of thiophene rings is 1. The number of nitrogens with zero attached hydrogens (tertiary/aromatic N) is 3. The normalized spacial score (nSPS) is 15.2. The maximum absolute atomic E-state index is 12.1. The van der Waals surface area contributed by atoms with Crippen molar-refractivity contribution in [1.82, 2.24) is 14.5 Å². The second kappa shape index (κ2) is 5.57. The Kier molecular flexibility index (Phi) is 3.80. The molecule has 7 heteroatoms. The zero-order chi connectivity index (χ0) is 14.1. The summed E-state index contributed by atoms with van der Waals surface area (Å²) in [4.78, 5) is 31.2. The summed E-state index contributed by atoms with van der Waals surface area (Å²) in [5, 5.41) is 3.12. The first kappa shape index (κ1) is 13.6. The minimum atomic E-state index is -0.0487. The Bertz CT molecular complexity index is 701. The molecule has 0 aliphatic carbocycles. The first-order chi connectivity index (χ1) is 9.66. The van der Waals surface area contributed by atoms with Gasteiger partial charge in [0.2, 0.25) is 5.91 Å². The second-order valence-electron chi connectivity index (χ2n) is 4.77. The Balaban J connectivity index is 1.78. The van der Waals surface area contributed by atoms with E-state index in [0.29, 0.717) is 16.3 Å². The van der Waals surface area contributed by atoms with Crippen molar-refractivity contribution >= 4 is 39.2 Å². The lowest BCUT2D eigenvalue weighted by atomic mass is 10.4. The van der Waals surface area contributed by atoms with Gasteiger partial charge < -0.3 is 4.90 Å². The van der Waals surface area contributed by atoms with E-state index in [-0.39, 0.29) is 11.5 Å². The van der Waals surface area contributed by atoms with Crippen LogP contribution in [0.3, 0.4) is 0 Å². The molecule has 3 rings (SSSR count). The molecule has 0 saturated carbocycles.